The summed E-state index contributed by atoms with van der Waals surface area (Å²) >= 11 is 0. The lowest BCUT2D eigenvalue weighted by atomic mass is 9.79. The predicted molar refractivity (Wildman–Crippen MR) is 101 cm³/mol. The van der Waals surface area contributed by atoms with Crippen molar-refractivity contribution >= 4 is 18.3 Å². The average molecular weight is 333 g/mol. The predicted octanol–water partition coefficient (Wildman–Crippen LogP) is 3.24. The molecule has 0 aliphatic carbocycles. The summed E-state index contributed by atoms with van der Waals surface area (Å²) in [5.41, 5.74) is 1.73. The molecule has 134 valence electrons. The molecule has 0 spiro atoms. The highest BCUT2D eigenvalue weighted by atomic mass is 16.7. The van der Waals surface area contributed by atoms with Gasteiger partial charge in [0, 0.05) is 18.8 Å². The van der Waals surface area contributed by atoms with Gasteiger partial charge in [-0.05, 0) is 45.3 Å². The molecule has 4 nitrogen and oxygen atoms in total. The van der Waals surface area contributed by atoms with E-state index in [0.717, 1.165) is 31.8 Å². The van der Waals surface area contributed by atoms with Gasteiger partial charge in [0.2, 0.25) is 0 Å². The maximum Gasteiger partial charge on any atom is 0.494 e. The molecule has 3 rings (SSSR count). The van der Waals surface area contributed by atoms with Crippen LogP contribution in [0.2, 0.25) is 0 Å². The van der Waals surface area contributed by atoms with Gasteiger partial charge < -0.3 is 18.9 Å². The van der Waals surface area contributed by atoms with Crippen LogP contribution in [0.1, 0.15) is 48.0 Å². The minimum absolute atomic E-state index is 0.284. The molecule has 24 heavy (non-hydrogen) atoms. The van der Waals surface area contributed by atoms with E-state index in [1.54, 1.807) is 0 Å². The Morgan fingerprint density at radius 2 is 1.38 bits per heavy atom. The first-order valence-electron chi connectivity index (χ1n) is 9.09. The van der Waals surface area contributed by atoms with Gasteiger partial charge in [-0.3, -0.25) is 0 Å². The van der Waals surface area contributed by atoms with Gasteiger partial charge in [-0.2, -0.15) is 0 Å². The van der Waals surface area contributed by atoms with Crippen molar-refractivity contribution in [1.82, 2.24) is 0 Å². The maximum absolute atomic E-state index is 6.08. The SMILES string of the molecule is CC1(C)OB(c2ccc(N3CCOCC3)cc2)OC1(C)C.CCC. The third kappa shape index (κ3) is 4.32. The molecule has 0 aromatic heterocycles. The summed E-state index contributed by atoms with van der Waals surface area (Å²) in [7, 11) is -0.284. The largest absolute Gasteiger partial charge is 0.494 e. The summed E-state index contributed by atoms with van der Waals surface area (Å²) in [5.74, 6) is 0. The number of nitrogens with zero attached hydrogens (tertiary/aromatic N) is 1. The summed E-state index contributed by atoms with van der Waals surface area (Å²) in [6.07, 6.45) is 1.25. The Hall–Kier alpha value is -1.04. The van der Waals surface area contributed by atoms with Gasteiger partial charge in [0.1, 0.15) is 0 Å². The van der Waals surface area contributed by atoms with Crippen molar-refractivity contribution in [3.63, 3.8) is 0 Å². The van der Waals surface area contributed by atoms with Gasteiger partial charge in [0.15, 0.2) is 0 Å². The highest BCUT2D eigenvalue weighted by molar-refractivity contribution is 6.62. The fraction of sp³-hybridized carbons (Fsp3) is 0.684. The van der Waals surface area contributed by atoms with Gasteiger partial charge in [0.25, 0.3) is 0 Å². The van der Waals surface area contributed by atoms with Crippen LogP contribution in [0.3, 0.4) is 0 Å². The Balaban J connectivity index is 0.000000647. The molecular formula is C19H32BNO3. The molecule has 1 aromatic carbocycles. The standard InChI is InChI=1S/C16H24BNO3.C3H8/c1-15(2)16(3,4)21-17(20-15)13-5-7-14(8-6-13)18-9-11-19-12-10-18;1-3-2/h5-8H,9-12H2,1-4H3;3H2,1-2H3. The zero-order valence-corrected chi connectivity index (χ0v) is 16.1. The van der Waals surface area contributed by atoms with Crippen molar-refractivity contribution in [1.29, 1.82) is 0 Å². The Labute approximate surface area is 147 Å². The van der Waals surface area contributed by atoms with Crippen LogP contribution in [0, 0.1) is 0 Å². The fourth-order valence-corrected chi connectivity index (χ4v) is 2.64. The molecule has 2 fully saturated rings. The third-order valence-corrected chi connectivity index (χ3v) is 4.79. The van der Waals surface area contributed by atoms with E-state index in [-0.39, 0.29) is 18.3 Å². The smallest absolute Gasteiger partial charge is 0.399 e. The molecule has 0 amide bonds. The van der Waals surface area contributed by atoms with Gasteiger partial charge in [0.05, 0.1) is 24.4 Å². The van der Waals surface area contributed by atoms with E-state index in [1.807, 2.05) is 0 Å². The highest BCUT2D eigenvalue weighted by Crippen LogP contribution is 2.36. The fourth-order valence-electron chi connectivity index (χ4n) is 2.64. The van der Waals surface area contributed by atoms with Gasteiger partial charge >= 0.3 is 7.12 Å². The minimum atomic E-state index is -0.291. The number of anilines is 1. The van der Waals surface area contributed by atoms with Crippen LogP contribution in [-0.2, 0) is 14.0 Å². The zero-order valence-electron chi connectivity index (χ0n) is 16.1. The molecule has 0 radical (unpaired) electrons. The van der Waals surface area contributed by atoms with E-state index < -0.39 is 0 Å². The number of morpholine rings is 1. The number of hydrogen-bond acceptors (Lipinski definition) is 4. The maximum atomic E-state index is 6.08. The average Bonchev–Trinajstić information content (AvgIpc) is 2.77. The number of benzene rings is 1. The first-order valence-corrected chi connectivity index (χ1v) is 9.09. The summed E-state index contributed by atoms with van der Waals surface area (Å²) in [5, 5.41) is 0. The molecule has 2 heterocycles. The van der Waals surface area contributed by atoms with E-state index >= 15 is 0 Å². The molecule has 2 aliphatic rings. The topological polar surface area (TPSA) is 30.9 Å². The van der Waals surface area contributed by atoms with Crippen molar-refractivity contribution in [2.24, 2.45) is 0 Å². The molecule has 2 saturated heterocycles. The van der Waals surface area contributed by atoms with Crippen molar-refractivity contribution in [3.05, 3.63) is 24.3 Å². The zero-order chi connectivity index (χ0) is 17.8. The molecule has 5 heteroatoms. The Morgan fingerprint density at radius 1 is 0.917 bits per heavy atom. The second kappa shape index (κ2) is 7.90. The quantitative estimate of drug-likeness (QED) is 0.778. The van der Waals surface area contributed by atoms with E-state index in [2.05, 4.69) is 70.7 Å². The second-order valence-corrected chi connectivity index (χ2v) is 7.49. The van der Waals surface area contributed by atoms with E-state index in [0.29, 0.717) is 0 Å². The number of rotatable bonds is 2. The third-order valence-electron chi connectivity index (χ3n) is 4.79. The van der Waals surface area contributed by atoms with Gasteiger partial charge in [-0.25, -0.2) is 0 Å². The van der Waals surface area contributed by atoms with Crippen LogP contribution >= 0.6 is 0 Å². The van der Waals surface area contributed by atoms with Crippen LogP contribution in [-0.4, -0.2) is 44.6 Å². The van der Waals surface area contributed by atoms with Crippen molar-refractivity contribution < 1.29 is 14.0 Å². The number of hydrogen-bond donors (Lipinski definition) is 0. The highest BCUT2D eigenvalue weighted by Gasteiger charge is 2.51. The lowest BCUT2D eigenvalue weighted by Crippen LogP contribution is -2.41. The molecule has 2 aliphatic heterocycles. The Kier molecular flexibility index (Phi) is 6.35. The monoisotopic (exact) mass is 333 g/mol. The minimum Gasteiger partial charge on any atom is -0.399 e. The first kappa shape index (κ1) is 19.3. The van der Waals surface area contributed by atoms with E-state index in [9.17, 15) is 0 Å². The van der Waals surface area contributed by atoms with Crippen LogP contribution in [0.4, 0.5) is 5.69 Å². The molecule has 1 aromatic rings. The Morgan fingerprint density at radius 3 is 1.83 bits per heavy atom. The summed E-state index contributed by atoms with van der Waals surface area (Å²) in [6.45, 7) is 16.1. The van der Waals surface area contributed by atoms with Crippen molar-refractivity contribution in [2.45, 2.75) is 59.2 Å². The molecule has 0 unspecified atom stereocenters. The normalized spacial score (nSPS) is 22.1. The van der Waals surface area contributed by atoms with E-state index in [4.69, 9.17) is 14.0 Å². The summed E-state index contributed by atoms with van der Waals surface area (Å²) < 4.78 is 17.5. The second-order valence-electron chi connectivity index (χ2n) is 7.49. The molecule has 0 bridgehead atoms. The molecule has 0 saturated carbocycles. The molecule has 0 N–H and O–H groups in total. The lowest BCUT2D eigenvalue weighted by molar-refractivity contribution is 0.00578. The van der Waals surface area contributed by atoms with Crippen LogP contribution in [0.5, 0.6) is 0 Å². The molecule has 0 atom stereocenters. The lowest BCUT2D eigenvalue weighted by Gasteiger charge is -2.32. The van der Waals surface area contributed by atoms with Crippen molar-refractivity contribution in [2.75, 3.05) is 31.2 Å². The molecular weight excluding hydrogens is 301 g/mol. The van der Waals surface area contributed by atoms with Gasteiger partial charge in [-0.15, -0.1) is 0 Å². The van der Waals surface area contributed by atoms with Crippen molar-refractivity contribution in [3.8, 4) is 0 Å². The van der Waals surface area contributed by atoms with E-state index in [1.165, 1.54) is 12.1 Å². The van der Waals surface area contributed by atoms with Crippen LogP contribution in [0.25, 0.3) is 0 Å². The first-order chi connectivity index (χ1) is 11.3. The summed E-state index contributed by atoms with van der Waals surface area (Å²) in [6, 6.07) is 8.50. The number of ether oxygens (including phenoxy) is 1. The Bertz CT molecular complexity index is 494. The summed E-state index contributed by atoms with van der Waals surface area (Å²) in [4.78, 5) is 2.34. The van der Waals surface area contributed by atoms with Crippen LogP contribution in [0.15, 0.2) is 24.3 Å². The van der Waals surface area contributed by atoms with Crippen LogP contribution < -0.4 is 10.4 Å². The van der Waals surface area contributed by atoms with Gasteiger partial charge in [-0.1, -0.05) is 32.4 Å².